The third-order valence-corrected chi connectivity index (χ3v) is 10.5. The first-order valence-electron chi connectivity index (χ1n) is 14.2. The van der Waals surface area contributed by atoms with Crippen LogP contribution in [0.3, 0.4) is 0 Å². The highest BCUT2D eigenvalue weighted by Crippen LogP contribution is 2.47. The second-order valence-electron chi connectivity index (χ2n) is 10.5. The van der Waals surface area contributed by atoms with E-state index < -0.39 is 56.5 Å². The number of nitrogens with zero attached hydrogens (tertiary/aromatic N) is 5. The van der Waals surface area contributed by atoms with Crippen LogP contribution in [0, 0.1) is 0 Å². The van der Waals surface area contributed by atoms with E-state index in [4.69, 9.17) is 20.5 Å². The van der Waals surface area contributed by atoms with Gasteiger partial charge in [0.05, 0.1) is 48.2 Å². The maximum Gasteiger partial charge on any atom is 0.296 e. The first kappa shape index (κ1) is 39.8. The van der Waals surface area contributed by atoms with Gasteiger partial charge in [0.1, 0.15) is 37.5 Å². The second-order valence-corrected chi connectivity index (χ2v) is 15.4. The number of rotatable bonds is 13. The summed E-state index contributed by atoms with van der Waals surface area (Å²) in [6.07, 6.45) is 1.01. The predicted octanol–water partition coefficient (Wildman–Crippen LogP) is 6.59. The quantitative estimate of drug-likeness (QED) is 0.0106. The predicted molar refractivity (Wildman–Crippen MR) is 191 cm³/mol. The van der Waals surface area contributed by atoms with E-state index in [1.165, 1.54) is 44.6 Å². The van der Waals surface area contributed by atoms with E-state index >= 15 is 0 Å². The number of phenolic OH excluding ortho intramolecular Hbond substituents is 1. The molecular formula is C29H24N6O15S4. The number of phenols is 1. The normalized spacial score (nSPS) is 12.9. The van der Waals surface area contributed by atoms with Crippen LogP contribution in [0.1, 0.15) is 0 Å². The third-order valence-electron chi connectivity index (χ3n) is 7.18. The molecule has 0 saturated carbocycles. The highest BCUT2D eigenvalue weighted by Gasteiger charge is 2.23. The molecule has 0 aromatic heterocycles. The number of fused-ring (bicyclic) bond motifs is 2. The van der Waals surface area contributed by atoms with Crippen LogP contribution >= 0.6 is 12.0 Å². The summed E-state index contributed by atoms with van der Waals surface area (Å²) in [5.41, 5.74) is 4.72. The largest absolute Gasteiger partial charge is 0.505 e. The Morgan fingerprint density at radius 3 is 2.04 bits per heavy atom. The molecule has 0 spiro atoms. The summed E-state index contributed by atoms with van der Waals surface area (Å²) in [6.45, 7) is 0. The van der Waals surface area contributed by atoms with Crippen LogP contribution < -0.4 is 10.5 Å². The molecule has 0 atom stereocenters. The van der Waals surface area contributed by atoms with E-state index in [1.807, 2.05) is 0 Å². The lowest BCUT2D eigenvalue weighted by Crippen LogP contribution is -2.03. The number of methoxy groups -OCH3 is 2. The van der Waals surface area contributed by atoms with Gasteiger partial charge in [-0.2, -0.15) is 30.4 Å². The summed E-state index contributed by atoms with van der Waals surface area (Å²) in [7, 11) is -12.0. The number of aliphatic imine (C=N–C) groups is 1. The minimum absolute atomic E-state index is 0.00960. The van der Waals surface area contributed by atoms with Gasteiger partial charge in [0, 0.05) is 22.2 Å². The number of anilines is 1. The zero-order valence-electron chi connectivity index (χ0n) is 27.1. The van der Waals surface area contributed by atoms with Crippen molar-refractivity contribution in [2.45, 2.75) is 19.6 Å². The topological polar surface area (TPSA) is 328 Å². The highest BCUT2D eigenvalue weighted by molar-refractivity contribution is 7.94. The van der Waals surface area contributed by atoms with Gasteiger partial charge in [-0.1, -0.05) is 17.2 Å². The molecule has 25 heteroatoms. The van der Waals surface area contributed by atoms with Crippen molar-refractivity contribution in [2.24, 2.45) is 25.4 Å². The number of hydrogen-bond donors (Lipinski definition) is 6. The Kier molecular flexibility index (Phi) is 11.5. The van der Waals surface area contributed by atoms with Crippen LogP contribution in [-0.2, 0) is 44.5 Å². The van der Waals surface area contributed by atoms with Gasteiger partial charge in [0.25, 0.3) is 30.4 Å². The van der Waals surface area contributed by atoms with Crippen molar-refractivity contribution in [1.82, 2.24) is 0 Å². The Morgan fingerprint density at radius 1 is 0.722 bits per heavy atom. The van der Waals surface area contributed by atoms with Gasteiger partial charge in [-0.15, -0.1) is 19.7 Å². The zero-order valence-corrected chi connectivity index (χ0v) is 30.4. The lowest BCUT2D eigenvalue weighted by Gasteiger charge is -2.12. The number of benzene rings is 5. The van der Waals surface area contributed by atoms with Gasteiger partial charge >= 0.3 is 0 Å². The van der Waals surface area contributed by atoms with E-state index in [2.05, 4.69) is 34.8 Å². The fourth-order valence-corrected chi connectivity index (χ4v) is 7.48. The molecule has 0 fully saturated rings. The molecule has 21 nitrogen and oxygen atoms in total. The average molecular weight is 825 g/mol. The molecule has 0 heterocycles. The summed E-state index contributed by atoms with van der Waals surface area (Å²) < 4.78 is 116. The first-order chi connectivity index (χ1) is 25.4. The maximum atomic E-state index is 12.2. The van der Waals surface area contributed by atoms with E-state index in [0.29, 0.717) is 12.0 Å². The van der Waals surface area contributed by atoms with Crippen molar-refractivity contribution >= 4 is 104 Å². The van der Waals surface area contributed by atoms with Crippen LogP contribution in [0.15, 0.2) is 106 Å². The molecule has 0 saturated heterocycles. The Hall–Kier alpha value is -5.35. The summed E-state index contributed by atoms with van der Waals surface area (Å²) in [5, 5.41) is 39.3. The van der Waals surface area contributed by atoms with E-state index in [0.717, 1.165) is 36.7 Å². The zero-order chi connectivity index (χ0) is 39.6. The minimum Gasteiger partial charge on any atom is -0.505 e. The van der Waals surface area contributed by atoms with E-state index in [-0.39, 0.29) is 60.6 Å². The van der Waals surface area contributed by atoms with Gasteiger partial charge in [-0.05, 0) is 47.9 Å². The second kappa shape index (κ2) is 15.6. The van der Waals surface area contributed by atoms with Gasteiger partial charge in [0.15, 0.2) is 12.2 Å². The van der Waals surface area contributed by atoms with Crippen LogP contribution in [0.25, 0.3) is 21.5 Å². The van der Waals surface area contributed by atoms with Crippen molar-refractivity contribution in [3.05, 3.63) is 60.7 Å². The molecule has 5 aromatic rings. The summed E-state index contributed by atoms with van der Waals surface area (Å²) >= 11 is 0.337. The first-order valence-corrected chi connectivity index (χ1v) is 19.3. The third kappa shape index (κ3) is 8.55. The molecule has 0 amide bonds. The number of ether oxygens (including phenoxy) is 2. The Labute approximate surface area is 308 Å². The van der Waals surface area contributed by atoms with Crippen molar-refractivity contribution < 1.29 is 68.1 Å². The lowest BCUT2D eigenvalue weighted by atomic mass is 10.1. The number of nitrogens with two attached hydrogens (primary N) is 1. The molecule has 0 bridgehead atoms. The Balaban J connectivity index is 1.65. The van der Waals surface area contributed by atoms with Crippen LogP contribution in [0.4, 0.5) is 34.1 Å². The number of hydrogen-bond acceptors (Lipinski definition) is 19. The minimum atomic E-state index is -4.94. The number of nitrogen functional groups attached to an aromatic ring is 1. The molecule has 7 N–H and O–H groups in total. The van der Waals surface area contributed by atoms with Crippen molar-refractivity contribution in [1.29, 1.82) is 0 Å². The van der Waals surface area contributed by atoms with E-state index in [9.17, 15) is 44.0 Å². The summed E-state index contributed by atoms with van der Waals surface area (Å²) in [4.78, 5) is 2.01. The van der Waals surface area contributed by atoms with Crippen molar-refractivity contribution in [2.75, 3.05) is 20.0 Å². The van der Waals surface area contributed by atoms with Gasteiger partial charge in [-0.3, -0.25) is 13.7 Å². The standard InChI is InChI=1S/C29H24N6O15S4/c1-47-13-31-20-11-22(34-35-28-24(51-50-49-37)6-14-7-27(54(44,45)46)19(30)10-17(14)29(28)36)23(48-2)12-21(20)33-32-15-8-18-16(26(9-15)53(41,42)43)4-3-5-25(18)52(38,39)40/h3-13,36-37H,30H2,1-2H3,(H,38,39,40)(H,41,42,43)(H,44,45,46). The summed E-state index contributed by atoms with van der Waals surface area (Å²) in [6, 6.07) is 11.3. The van der Waals surface area contributed by atoms with Gasteiger partial charge in [0.2, 0.25) is 0 Å². The van der Waals surface area contributed by atoms with Gasteiger partial charge < -0.3 is 20.3 Å². The van der Waals surface area contributed by atoms with Crippen molar-refractivity contribution in [3.63, 3.8) is 0 Å². The molecule has 284 valence electrons. The maximum absolute atomic E-state index is 12.2. The molecule has 0 unspecified atom stereocenters. The monoisotopic (exact) mass is 824 g/mol. The highest BCUT2D eigenvalue weighted by atomic mass is 32.2. The molecule has 0 radical (unpaired) electrons. The number of azo groups is 2. The fourth-order valence-electron chi connectivity index (χ4n) is 4.93. The molecule has 54 heavy (non-hydrogen) atoms. The van der Waals surface area contributed by atoms with Crippen LogP contribution in [-0.4, -0.2) is 69.9 Å². The number of aromatic hydroxyl groups is 1. The van der Waals surface area contributed by atoms with Crippen molar-refractivity contribution in [3.8, 4) is 11.5 Å². The van der Waals surface area contributed by atoms with Gasteiger partial charge in [-0.25, -0.2) is 10.2 Å². The smallest absolute Gasteiger partial charge is 0.296 e. The SMILES string of the molecule is COC=Nc1cc(N=Nc2c(SOOO)cc3cc(S(=O)(=O)O)c(N)cc3c2O)c(OC)cc1N=Nc1cc(S(=O)(=O)O)c2cccc(S(=O)(=O)O)c2c1. The Bertz CT molecular complexity index is 2740. The molecular weight excluding hydrogens is 801 g/mol. The average Bonchev–Trinajstić information content (AvgIpc) is 3.10. The van der Waals surface area contributed by atoms with E-state index in [1.54, 1.807) is 0 Å². The molecule has 0 aliphatic heterocycles. The molecule has 5 rings (SSSR count). The molecule has 5 aromatic carbocycles. The molecule has 0 aliphatic carbocycles. The summed E-state index contributed by atoms with van der Waals surface area (Å²) in [5.74, 6) is -0.617. The van der Waals surface area contributed by atoms with Crippen LogP contribution in [0.5, 0.6) is 11.5 Å². The molecule has 0 aliphatic rings. The van der Waals surface area contributed by atoms with Crippen LogP contribution in [0.2, 0.25) is 0 Å². The Morgan fingerprint density at radius 2 is 1.41 bits per heavy atom. The lowest BCUT2D eigenvalue weighted by molar-refractivity contribution is -0.432. The fraction of sp³-hybridized carbons (Fsp3) is 0.0690.